The zero-order chi connectivity index (χ0) is 21.0. The highest BCUT2D eigenvalue weighted by atomic mass is 35.5. The summed E-state index contributed by atoms with van der Waals surface area (Å²) in [5, 5.41) is 4.41. The van der Waals surface area contributed by atoms with Gasteiger partial charge in [-0.25, -0.2) is 8.42 Å². The van der Waals surface area contributed by atoms with E-state index in [-0.39, 0.29) is 12.5 Å². The van der Waals surface area contributed by atoms with Crippen molar-refractivity contribution >= 4 is 33.3 Å². The molecule has 0 saturated carbocycles. The molecule has 0 unspecified atom stereocenters. The zero-order valence-corrected chi connectivity index (χ0v) is 17.3. The number of halogens is 1. The lowest BCUT2D eigenvalue weighted by Gasteiger charge is -2.22. The normalized spacial score (nSPS) is 11.3. The van der Waals surface area contributed by atoms with Crippen LogP contribution in [0.25, 0.3) is 11.4 Å². The van der Waals surface area contributed by atoms with Crippen LogP contribution in [-0.2, 0) is 26.2 Å². The van der Waals surface area contributed by atoms with Crippen molar-refractivity contribution in [1.29, 1.82) is 0 Å². The average molecular weight is 436 g/mol. The number of ether oxygens (including phenoxy) is 1. The van der Waals surface area contributed by atoms with E-state index in [2.05, 4.69) is 10.1 Å². The molecule has 3 rings (SSSR count). The second kappa shape index (κ2) is 8.62. The number of anilines is 1. The van der Waals surface area contributed by atoms with E-state index < -0.39 is 22.5 Å². The topological polar surface area (TPSA) is 103 Å². The molecule has 3 aromatic rings. The Labute approximate surface area is 173 Å². The Balaban J connectivity index is 1.66. The van der Waals surface area contributed by atoms with Crippen LogP contribution in [0.15, 0.2) is 53.1 Å². The molecule has 0 fully saturated rings. The summed E-state index contributed by atoms with van der Waals surface area (Å²) in [6.45, 7) is 1.02. The van der Waals surface area contributed by atoms with E-state index in [0.29, 0.717) is 22.1 Å². The number of para-hydroxylation sites is 1. The van der Waals surface area contributed by atoms with Gasteiger partial charge in [-0.2, -0.15) is 4.98 Å². The molecule has 0 aliphatic carbocycles. The first-order chi connectivity index (χ1) is 13.7. The first-order valence-corrected chi connectivity index (χ1v) is 10.7. The highest BCUT2D eigenvalue weighted by Gasteiger charge is 2.23. The summed E-state index contributed by atoms with van der Waals surface area (Å²) in [4.78, 5) is 16.4. The second-order valence-corrected chi connectivity index (χ2v) is 8.58. The lowest BCUT2D eigenvalue weighted by Crippen LogP contribution is -2.36. The maximum absolute atomic E-state index is 12.2. The molecule has 10 heteroatoms. The largest absolute Gasteiger partial charge is 0.454 e. The van der Waals surface area contributed by atoms with Crippen LogP contribution in [0.3, 0.4) is 0 Å². The monoisotopic (exact) mass is 435 g/mol. The van der Waals surface area contributed by atoms with Gasteiger partial charge in [0, 0.05) is 10.6 Å². The minimum atomic E-state index is -3.68. The molecule has 0 bridgehead atoms. The highest BCUT2D eigenvalue weighted by Crippen LogP contribution is 2.22. The predicted octanol–water partition coefficient (Wildman–Crippen LogP) is 3.21. The average Bonchev–Trinajstić information content (AvgIpc) is 3.14. The molecule has 0 saturated heterocycles. The van der Waals surface area contributed by atoms with Gasteiger partial charge in [0.2, 0.25) is 15.8 Å². The molecule has 0 atom stereocenters. The molecule has 0 radical (unpaired) electrons. The molecular formula is C19H18ClN3O5S. The fraction of sp³-hybridized carbons (Fsp3) is 0.211. The van der Waals surface area contributed by atoms with Gasteiger partial charge in [-0.15, -0.1) is 0 Å². The zero-order valence-electron chi connectivity index (χ0n) is 15.7. The quantitative estimate of drug-likeness (QED) is 0.525. The van der Waals surface area contributed by atoms with Gasteiger partial charge in [0.1, 0.15) is 6.54 Å². The van der Waals surface area contributed by atoms with E-state index in [4.69, 9.17) is 20.9 Å². The van der Waals surface area contributed by atoms with Gasteiger partial charge in [0.25, 0.3) is 5.89 Å². The highest BCUT2D eigenvalue weighted by molar-refractivity contribution is 7.92. The molecule has 0 spiro atoms. The smallest absolute Gasteiger partial charge is 0.327 e. The van der Waals surface area contributed by atoms with Crippen LogP contribution in [-0.4, -0.2) is 37.3 Å². The first kappa shape index (κ1) is 20.8. The van der Waals surface area contributed by atoms with Crippen LogP contribution in [0, 0.1) is 6.92 Å². The Kier molecular flexibility index (Phi) is 6.19. The van der Waals surface area contributed by atoms with Crippen molar-refractivity contribution in [2.45, 2.75) is 13.5 Å². The molecule has 0 aliphatic rings. The van der Waals surface area contributed by atoms with E-state index in [9.17, 15) is 13.2 Å². The molecule has 0 aliphatic heterocycles. The van der Waals surface area contributed by atoms with Crippen LogP contribution in [0.1, 0.15) is 11.5 Å². The third-order valence-corrected chi connectivity index (χ3v) is 5.36. The van der Waals surface area contributed by atoms with Gasteiger partial charge in [-0.1, -0.05) is 35.0 Å². The fourth-order valence-corrected chi connectivity index (χ4v) is 3.59. The molecule has 2 aromatic carbocycles. The Morgan fingerprint density at radius 2 is 1.86 bits per heavy atom. The number of sulfonamides is 1. The summed E-state index contributed by atoms with van der Waals surface area (Å²) in [5.74, 6) is -0.333. The Morgan fingerprint density at radius 3 is 2.52 bits per heavy atom. The summed E-state index contributed by atoms with van der Waals surface area (Å²) in [5.41, 5.74) is 1.82. The first-order valence-electron chi connectivity index (χ1n) is 8.51. The van der Waals surface area contributed by atoms with E-state index in [1.165, 1.54) is 0 Å². The van der Waals surface area contributed by atoms with Gasteiger partial charge in [-0.3, -0.25) is 9.10 Å². The number of nitrogens with zero attached hydrogens (tertiary/aromatic N) is 3. The van der Waals surface area contributed by atoms with Crippen LogP contribution < -0.4 is 4.31 Å². The number of carbonyl (C=O) groups excluding carboxylic acids is 1. The van der Waals surface area contributed by atoms with Crippen molar-refractivity contribution in [2.24, 2.45) is 0 Å². The summed E-state index contributed by atoms with van der Waals surface area (Å²) >= 11 is 5.85. The van der Waals surface area contributed by atoms with Gasteiger partial charge in [0.15, 0.2) is 6.61 Å². The minimum Gasteiger partial charge on any atom is -0.454 e. The minimum absolute atomic E-state index is 0.0881. The number of aromatic nitrogens is 2. The summed E-state index contributed by atoms with van der Waals surface area (Å²) < 4.78 is 35.5. The van der Waals surface area contributed by atoms with Crippen LogP contribution in [0.4, 0.5) is 5.69 Å². The number of rotatable bonds is 7. The van der Waals surface area contributed by atoms with Crippen LogP contribution in [0.5, 0.6) is 0 Å². The third kappa shape index (κ3) is 5.33. The molecule has 152 valence electrons. The number of hydrogen-bond acceptors (Lipinski definition) is 7. The molecule has 29 heavy (non-hydrogen) atoms. The lowest BCUT2D eigenvalue weighted by molar-refractivity contribution is -0.143. The standard InChI is InChI=1S/C19H18ClN3O5S/c1-13-5-3-4-6-16(13)23(29(2,25)26)11-18(24)27-12-17-21-19(22-28-17)14-7-9-15(20)10-8-14/h3-10H,11-12H2,1-2H3. The van der Waals surface area contributed by atoms with Crippen molar-refractivity contribution in [3.63, 3.8) is 0 Å². The number of hydrogen-bond donors (Lipinski definition) is 0. The number of benzene rings is 2. The Hall–Kier alpha value is -2.91. The maximum atomic E-state index is 12.2. The van der Waals surface area contributed by atoms with Crippen LogP contribution in [0.2, 0.25) is 5.02 Å². The lowest BCUT2D eigenvalue weighted by atomic mass is 10.2. The van der Waals surface area contributed by atoms with E-state index >= 15 is 0 Å². The molecule has 1 heterocycles. The number of carbonyl (C=O) groups is 1. The predicted molar refractivity (Wildman–Crippen MR) is 108 cm³/mol. The van der Waals surface area contributed by atoms with Crippen molar-refractivity contribution < 1.29 is 22.5 Å². The molecular weight excluding hydrogens is 418 g/mol. The van der Waals surface area contributed by atoms with Gasteiger partial charge in [-0.05, 0) is 42.8 Å². The van der Waals surface area contributed by atoms with Crippen molar-refractivity contribution in [1.82, 2.24) is 10.1 Å². The van der Waals surface area contributed by atoms with Crippen LogP contribution >= 0.6 is 11.6 Å². The Morgan fingerprint density at radius 1 is 1.17 bits per heavy atom. The molecule has 1 aromatic heterocycles. The van der Waals surface area contributed by atoms with Gasteiger partial charge in [0.05, 0.1) is 11.9 Å². The SMILES string of the molecule is Cc1ccccc1N(CC(=O)OCc1nc(-c2ccc(Cl)cc2)no1)S(C)(=O)=O. The van der Waals surface area contributed by atoms with E-state index in [1.807, 2.05) is 0 Å². The van der Waals surface area contributed by atoms with Crippen molar-refractivity contribution in [3.8, 4) is 11.4 Å². The van der Waals surface area contributed by atoms with E-state index in [1.54, 1.807) is 55.5 Å². The van der Waals surface area contributed by atoms with Gasteiger partial charge < -0.3 is 9.26 Å². The summed E-state index contributed by atoms with van der Waals surface area (Å²) in [6.07, 6.45) is 1.03. The Bertz CT molecular complexity index is 1110. The number of esters is 1. The van der Waals surface area contributed by atoms with Crippen molar-refractivity contribution in [3.05, 3.63) is 65.0 Å². The number of aryl methyl sites for hydroxylation is 1. The maximum Gasteiger partial charge on any atom is 0.327 e. The molecule has 0 amide bonds. The summed E-state index contributed by atoms with van der Waals surface area (Å²) in [7, 11) is -3.68. The fourth-order valence-electron chi connectivity index (χ4n) is 2.56. The van der Waals surface area contributed by atoms with Crippen molar-refractivity contribution in [2.75, 3.05) is 17.1 Å². The molecule has 0 N–H and O–H groups in total. The molecule has 8 nitrogen and oxygen atoms in total. The summed E-state index contributed by atoms with van der Waals surface area (Å²) in [6, 6.07) is 13.7. The second-order valence-electron chi connectivity index (χ2n) is 6.24. The third-order valence-electron chi connectivity index (χ3n) is 3.98. The van der Waals surface area contributed by atoms with Gasteiger partial charge >= 0.3 is 5.97 Å². The van der Waals surface area contributed by atoms with E-state index in [0.717, 1.165) is 16.1 Å².